The molecule has 0 aromatic carbocycles. The minimum atomic E-state index is -1.38. The average molecular weight is 404 g/mol. The zero-order chi connectivity index (χ0) is 20.4. The van der Waals surface area contributed by atoms with Crippen molar-refractivity contribution in [1.29, 1.82) is 0 Å². The van der Waals surface area contributed by atoms with Crippen LogP contribution in [0.25, 0.3) is 0 Å². The Kier molecular flexibility index (Phi) is 9.58. The first-order valence-corrected chi connectivity index (χ1v) is 9.04. The minimum absolute atomic E-state index is 0.0161. The number of hydrogen-bond donors (Lipinski definition) is 7. The SMILES string of the molecule is O=C(O)CCC(NC(=O)CNC(=O)C(CS)NC(=O)C1CCCN1)C(=O)O. The molecule has 11 nitrogen and oxygen atoms in total. The standard InChI is InChI=1S/C15H24N4O7S/c20-11(18-9(15(25)26)3-4-12(21)22)6-17-13(23)10(7-27)19-14(24)8-2-1-5-16-8/h8-10,16,27H,1-7H2,(H,17,23)(H,18,20)(H,19,24)(H,21,22)(H,25,26). The van der Waals surface area contributed by atoms with Crippen molar-refractivity contribution in [2.24, 2.45) is 0 Å². The van der Waals surface area contributed by atoms with Crippen LogP contribution in [0.4, 0.5) is 0 Å². The molecule has 3 atom stereocenters. The molecule has 0 spiro atoms. The largest absolute Gasteiger partial charge is 0.481 e. The number of carbonyl (C=O) groups is 5. The lowest BCUT2D eigenvalue weighted by Gasteiger charge is -2.19. The molecule has 0 saturated carbocycles. The maximum Gasteiger partial charge on any atom is 0.326 e. The quantitative estimate of drug-likeness (QED) is 0.188. The van der Waals surface area contributed by atoms with Gasteiger partial charge in [-0.25, -0.2) is 4.79 Å². The minimum Gasteiger partial charge on any atom is -0.481 e. The second kappa shape index (κ2) is 11.4. The second-order valence-electron chi connectivity index (χ2n) is 6.00. The van der Waals surface area contributed by atoms with Gasteiger partial charge in [0.2, 0.25) is 17.7 Å². The molecule has 1 heterocycles. The zero-order valence-corrected chi connectivity index (χ0v) is 15.5. The van der Waals surface area contributed by atoms with Crippen LogP contribution >= 0.6 is 12.6 Å². The van der Waals surface area contributed by atoms with E-state index in [-0.39, 0.29) is 24.1 Å². The molecular weight excluding hydrogens is 380 g/mol. The molecule has 1 aliphatic heterocycles. The van der Waals surface area contributed by atoms with E-state index in [2.05, 4.69) is 33.9 Å². The fourth-order valence-electron chi connectivity index (χ4n) is 2.44. The van der Waals surface area contributed by atoms with Crippen LogP contribution in [0.3, 0.4) is 0 Å². The smallest absolute Gasteiger partial charge is 0.326 e. The van der Waals surface area contributed by atoms with Crippen LogP contribution in [0.1, 0.15) is 25.7 Å². The van der Waals surface area contributed by atoms with E-state index >= 15 is 0 Å². The first-order valence-electron chi connectivity index (χ1n) is 8.41. The van der Waals surface area contributed by atoms with Gasteiger partial charge in [0.15, 0.2) is 0 Å². The number of nitrogens with one attached hydrogen (secondary N) is 4. The lowest BCUT2D eigenvalue weighted by molar-refractivity contribution is -0.143. The van der Waals surface area contributed by atoms with Gasteiger partial charge in [0, 0.05) is 12.2 Å². The Morgan fingerprint density at radius 1 is 1.11 bits per heavy atom. The summed E-state index contributed by atoms with van der Waals surface area (Å²) < 4.78 is 0. The topological polar surface area (TPSA) is 174 Å². The predicted molar refractivity (Wildman–Crippen MR) is 96.3 cm³/mol. The van der Waals surface area contributed by atoms with E-state index in [9.17, 15) is 24.0 Å². The molecule has 3 amide bonds. The maximum absolute atomic E-state index is 12.1. The van der Waals surface area contributed by atoms with Gasteiger partial charge in [-0.1, -0.05) is 0 Å². The Morgan fingerprint density at radius 3 is 2.33 bits per heavy atom. The highest BCUT2D eigenvalue weighted by atomic mass is 32.1. The molecule has 152 valence electrons. The number of carboxylic acid groups (broad SMARTS) is 2. The van der Waals surface area contributed by atoms with Gasteiger partial charge in [-0.3, -0.25) is 19.2 Å². The third-order valence-corrected chi connectivity index (χ3v) is 4.26. The van der Waals surface area contributed by atoms with Crippen molar-refractivity contribution in [1.82, 2.24) is 21.3 Å². The molecule has 27 heavy (non-hydrogen) atoms. The van der Waals surface area contributed by atoms with Gasteiger partial charge in [0.1, 0.15) is 12.1 Å². The van der Waals surface area contributed by atoms with Crippen LogP contribution in [-0.2, 0) is 24.0 Å². The summed E-state index contributed by atoms with van der Waals surface area (Å²) in [4.78, 5) is 57.5. The first-order chi connectivity index (χ1) is 12.7. The van der Waals surface area contributed by atoms with Gasteiger partial charge < -0.3 is 31.5 Å². The molecule has 0 radical (unpaired) electrons. The van der Waals surface area contributed by atoms with Gasteiger partial charge in [0.25, 0.3) is 0 Å². The number of carbonyl (C=O) groups excluding carboxylic acids is 3. The monoisotopic (exact) mass is 404 g/mol. The molecular formula is C15H24N4O7S. The van der Waals surface area contributed by atoms with E-state index in [1.807, 2.05) is 0 Å². The van der Waals surface area contributed by atoms with Crippen LogP contribution in [0.5, 0.6) is 0 Å². The number of thiol groups is 1. The van der Waals surface area contributed by atoms with E-state index < -0.39 is 48.8 Å². The van der Waals surface area contributed by atoms with E-state index in [0.717, 1.165) is 13.0 Å². The third-order valence-electron chi connectivity index (χ3n) is 3.90. The third kappa shape index (κ3) is 8.26. The number of hydrogen-bond acceptors (Lipinski definition) is 7. The van der Waals surface area contributed by atoms with Crippen LogP contribution < -0.4 is 21.3 Å². The van der Waals surface area contributed by atoms with Crippen molar-refractivity contribution in [2.75, 3.05) is 18.8 Å². The van der Waals surface area contributed by atoms with Gasteiger partial charge in [0.05, 0.1) is 12.6 Å². The average Bonchev–Trinajstić information content (AvgIpc) is 3.15. The normalized spacial score (nSPS) is 18.2. The van der Waals surface area contributed by atoms with Crippen molar-refractivity contribution < 1.29 is 34.2 Å². The molecule has 12 heteroatoms. The Hall–Kier alpha value is -2.34. The van der Waals surface area contributed by atoms with Gasteiger partial charge in [-0.15, -0.1) is 0 Å². The zero-order valence-electron chi connectivity index (χ0n) is 14.6. The molecule has 0 aliphatic carbocycles. The predicted octanol–water partition coefficient (Wildman–Crippen LogP) is -2.30. The van der Waals surface area contributed by atoms with Crippen molar-refractivity contribution in [3.05, 3.63) is 0 Å². The van der Waals surface area contributed by atoms with E-state index in [4.69, 9.17) is 10.2 Å². The molecule has 6 N–H and O–H groups in total. The van der Waals surface area contributed by atoms with Crippen LogP contribution in [0.2, 0.25) is 0 Å². The second-order valence-corrected chi connectivity index (χ2v) is 6.37. The van der Waals surface area contributed by atoms with Crippen LogP contribution in [0.15, 0.2) is 0 Å². The van der Waals surface area contributed by atoms with Gasteiger partial charge in [-0.05, 0) is 25.8 Å². The van der Waals surface area contributed by atoms with Crippen molar-refractivity contribution in [3.63, 3.8) is 0 Å². The molecule has 0 aromatic rings. The molecule has 0 aromatic heterocycles. The lowest BCUT2D eigenvalue weighted by atomic mass is 10.1. The first kappa shape index (κ1) is 22.7. The molecule has 1 aliphatic rings. The molecule has 1 fully saturated rings. The van der Waals surface area contributed by atoms with Crippen molar-refractivity contribution in [3.8, 4) is 0 Å². The molecule has 1 saturated heterocycles. The Balaban J connectivity index is 2.44. The summed E-state index contributed by atoms with van der Waals surface area (Å²) in [6, 6.07) is -2.69. The maximum atomic E-state index is 12.1. The summed E-state index contributed by atoms with van der Waals surface area (Å²) in [6.45, 7) is 0.208. The van der Waals surface area contributed by atoms with Crippen LogP contribution in [0, 0.1) is 0 Å². The lowest BCUT2D eigenvalue weighted by Crippen LogP contribution is -2.54. The summed E-state index contributed by atoms with van der Waals surface area (Å²) in [5, 5.41) is 27.5. The number of rotatable bonds is 11. The highest BCUT2D eigenvalue weighted by Gasteiger charge is 2.27. The Bertz CT molecular complexity index is 581. The molecule has 1 rings (SSSR count). The van der Waals surface area contributed by atoms with Crippen molar-refractivity contribution in [2.45, 2.75) is 43.8 Å². The van der Waals surface area contributed by atoms with E-state index in [0.29, 0.717) is 6.42 Å². The highest BCUT2D eigenvalue weighted by Crippen LogP contribution is 2.05. The van der Waals surface area contributed by atoms with Crippen LogP contribution in [-0.4, -0.2) is 76.8 Å². The Morgan fingerprint density at radius 2 is 1.81 bits per heavy atom. The summed E-state index contributed by atoms with van der Waals surface area (Å²) in [5.41, 5.74) is 0. The highest BCUT2D eigenvalue weighted by molar-refractivity contribution is 7.80. The molecule has 3 unspecified atom stereocenters. The van der Waals surface area contributed by atoms with Crippen molar-refractivity contribution >= 4 is 42.3 Å². The summed E-state index contributed by atoms with van der Waals surface area (Å²) >= 11 is 4.02. The molecule has 0 bridgehead atoms. The summed E-state index contributed by atoms with van der Waals surface area (Å²) in [5.74, 6) is -4.30. The van der Waals surface area contributed by atoms with Gasteiger partial charge in [-0.2, -0.15) is 12.6 Å². The fourth-order valence-corrected chi connectivity index (χ4v) is 2.69. The fraction of sp³-hybridized carbons (Fsp3) is 0.667. The Labute approximate surface area is 161 Å². The van der Waals surface area contributed by atoms with E-state index in [1.165, 1.54) is 0 Å². The number of amides is 3. The summed E-state index contributed by atoms with van der Waals surface area (Å²) in [6.07, 6.45) is 0.825. The number of aliphatic carboxylic acids is 2. The summed E-state index contributed by atoms with van der Waals surface area (Å²) in [7, 11) is 0. The van der Waals surface area contributed by atoms with Gasteiger partial charge >= 0.3 is 11.9 Å². The van der Waals surface area contributed by atoms with E-state index in [1.54, 1.807) is 0 Å². The number of carboxylic acids is 2.